The van der Waals surface area contributed by atoms with E-state index in [1.165, 1.54) is 10.4 Å². The Balaban J connectivity index is 2.09. The average Bonchev–Trinajstić information content (AvgIpc) is 3.06. The highest BCUT2D eigenvalue weighted by atomic mass is 79.9. The van der Waals surface area contributed by atoms with Gasteiger partial charge in [0.15, 0.2) is 5.11 Å². The molecule has 26 heavy (non-hydrogen) atoms. The first-order valence-electron chi connectivity index (χ1n) is 8.05. The molecule has 0 spiro atoms. The zero-order valence-corrected chi connectivity index (χ0v) is 18.0. The van der Waals surface area contributed by atoms with E-state index in [4.69, 9.17) is 17.0 Å². The quantitative estimate of drug-likeness (QED) is 0.272. The summed E-state index contributed by atoms with van der Waals surface area (Å²) in [6.45, 7) is 2.36. The second-order valence-electron chi connectivity index (χ2n) is 5.57. The van der Waals surface area contributed by atoms with Gasteiger partial charge in [0.2, 0.25) is 0 Å². The summed E-state index contributed by atoms with van der Waals surface area (Å²) in [4.78, 5) is 1.25. The number of hydrazone groups is 1. The van der Waals surface area contributed by atoms with Crippen molar-refractivity contribution in [1.82, 2.24) is 5.01 Å². The first-order valence-corrected chi connectivity index (χ1v) is 10.5. The molecule has 0 aliphatic carbocycles. The molecule has 140 valence electrons. The number of benzene rings is 1. The van der Waals surface area contributed by atoms with Gasteiger partial charge in [-0.15, -0.1) is 11.3 Å². The number of thiocarbonyl (C=S) groups is 1. The fourth-order valence-corrected chi connectivity index (χ4v) is 3.69. The number of nitrogens with zero attached hydrogens (tertiary/aromatic N) is 2. The number of thiophene rings is 1. The minimum absolute atomic E-state index is 0.0401. The molecule has 0 bridgehead atoms. The van der Waals surface area contributed by atoms with Crippen molar-refractivity contribution in [2.75, 3.05) is 30.9 Å². The van der Waals surface area contributed by atoms with Gasteiger partial charge in [-0.3, -0.25) is 0 Å². The van der Waals surface area contributed by atoms with Crippen LogP contribution in [0.5, 0.6) is 5.75 Å². The Morgan fingerprint density at radius 2 is 2.12 bits per heavy atom. The minimum atomic E-state index is -0.0401. The number of anilines is 1. The van der Waals surface area contributed by atoms with Crippen LogP contribution in [0.4, 0.5) is 5.69 Å². The number of aryl methyl sites for hydroxylation is 1. The SMILES string of the molecule is COc1ccc(NC(=S)N(CCO)/N=C(/CBr)Cc2cc(C)cs2)cc1. The summed E-state index contributed by atoms with van der Waals surface area (Å²) in [5, 5.41) is 22.0. The molecular weight excluding hydrogens is 434 g/mol. The van der Waals surface area contributed by atoms with Crippen molar-refractivity contribution in [3.63, 3.8) is 0 Å². The van der Waals surface area contributed by atoms with Crippen LogP contribution in [0.15, 0.2) is 40.8 Å². The summed E-state index contributed by atoms with van der Waals surface area (Å²) in [6.07, 6.45) is 0.747. The molecule has 2 aromatic rings. The monoisotopic (exact) mass is 455 g/mol. The Bertz CT molecular complexity index is 747. The van der Waals surface area contributed by atoms with Crippen LogP contribution >= 0.6 is 39.5 Å². The lowest BCUT2D eigenvalue weighted by Gasteiger charge is -2.21. The zero-order chi connectivity index (χ0) is 18.9. The number of nitrogens with one attached hydrogen (secondary N) is 1. The second kappa shape index (κ2) is 10.6. The molecule has 0 atom stereocenters. The average molecular weight is 456 g/mol. The van der Waals surface area contributed by atoms with E-state index < -0.39 is 0 Å². The van der Waals surface area contributed by atoms with Crippen molar-refractivity contribution in [3.8, 4) is 5.75 Å². The number of halogens is 1. The third-order valence-electron chi connectivity index (χ3n) is 3.47. The second-order valence-corrected chi connectivity index (χ2v) is 7.52. The van der Waals surface area contributed by atoms with Crippen LogP contribution in [0.2, 0.25) is 0 Å². The Morgan fingerprint density at radius 3 is 2.65 bits per heavy atom. The molecule has 0 saturated carbocycles. The lowest BCUT2D eigenvalue weighted by atomic mass is 10.2. The number of rotatable bonds is 8. The van der Waals surface area contributed by atoms with Crippen LogP contribution in [-0.2, 0) is 6.42 Å². The zero-order valence-electron chi connectivity index (χ0n) is 14.7. The van der Waals surface area contributed by atoms with Crippen molar-refractivity contribution < 1.29 is 9.84 Å². The maximum Gasteiger partial charge on any atom is 0.194 e. The van der Waals surface area contributed by atoms with Gasteiger partial charge in [-0.1, -0.05) is 15.9 Å². The number of alkyl halides is 1. The third-order valence-corrected chi connectivity index (χ3v) is 5.48. The summed E-state index contributed by atoms with van der Waals surface area (Å²) in [5.41, 5.74) is 3.03. The molecule has 2 rings (SSSR count). The number of aliphatic hydroxyl groups excluding tert-OH is 1. The fourth-order valence-electron chi connectivity index (χ4n) is 2.22. The predicted octanol–water partition coefficient (Wildman–Crippen LogP) is 4.05. The molecule has 8 heteroatoms. The van der Waals surface area contributed by atoms with Gasteiger partial charge in [-0.25, -0.2) is 5.01 Å². The first-order chi connectivity index (χ1) is 12.5. The molecule has 5 nitrogen and oxygen atoms in total. The molecule has 0 radical (unpaired) electrons. The van der Waals surface area contributed by atoms with E-state index in [2.05, 4.69) is 44.7 Å². The number of methoxy groups -OCH3 is 1. The van der Waals surface area contributed by atoms with Crippen LogP contribution in [0, 0.1) is 6.92 Å². The van der Waals surface area contributed by atoms with Gasteiger partial charge in [0.05, 0.1) is 26.0 Å². The van der Waals surface area contributed by atoms with E-state index in [-0.39, 0.29) is 6.61 Å². The summed E-state index contributed by atoms with van der Waals surface area (Å²) in [5.74, 6) is 0.777. The molecule has 2 N–H and O–H groups in total. The third kappa shape index (κ3) is 6.35. The first kappa shape index (κ1) is 20.8. The highest BCUT2D eigenvalue weighted by molar-refractivity contribution is 9.09. The van der Waals surface area contributed by atoms with Crippen LogP contribution in [0.1, 0.15) is 10.4 Å². The summed E-state index contributed by atoms with van der Waals surface area (Å²) >= 11 is 10.7. The van der Waals surface area contributed by atoms with E-state index in [0.717, 1.165) is 23.6 Å². The van der Waals surface area contributed by atoms with Crippen molar-refractivity contribution in [2.24, 2.45) is 5.10 Å². The van der Waals surface area contributed by atoms with Crippen molar-refractivity contribution in [3.05, 3.63) is 46.2 Å². The maximum absolute atomic E-state index is 9.37. The Kier molecular flexibility index (Phi) is 8.50. The molecule has 0 amide bonds. The van der Waals surface area contributed by atoms with Crippen molar-refractivity contribution in [2.45, 2.75) is 13.3 Å². The van der Waals surface area contributed by atoms with Gasteiger partial charge >= 0.3 is 0 Å². The van der Waals surface area contributed by atoms with Crippen LogP contribution in [-0.4, -0.2) is 46.5 Å². The summed E-state index contributed by atoms with van der Waals surface area (Å²) in [6, 6.07) is 9.63. The highest BCUT2D eigenvalue weighted by Crippen LogP contribution is 2.17. The van der Waals surface area contributed by atoms with Gasteiger partial charge in [0.25, 0.3) is 0 Å². The normalized spacial score (nSPS) is 11.3. The van der Waals surface area contributed by atoms with Gasteiger partial charge in [0.1, 0.15) is 5.75 Å². The van der Waals surface area contributed by atoms with Crippen molar-refractivity contribution in [1.29, 1.82) is 0 Å². The summed E-state index contributed by atoms with van der Waals surface area (Å²) in [7, 11) is 1.63. The molecule has 1 aromatic heterocycles. The van der Waals surface area contributed by atoms with Crippen LogP contribution in [0.3, 0.4) is 0 Å². The molecular formula is C18H22BrN3O2S2. The number of aliphatic hydroxyl groups is 1. The topological polar surface area (TPSA) is 57.1 Å². The van der Waals surface area contributed by atoms with E-state index in [1.54, 1.807) is 23.5 Å². The molecule has 0 aliphatic rings. The van der Waals surface area contributed by atoms with Gasteiger partial charge in [0, 0.05) is 22.3 Å². The Labute approximate surface area is 171 Å². The van der Waals surface area contributed by atoms with Crippen LogP contribution in [0.25, 0.3) is 0 Å². The number of hydrogen-bond acceptors (Lipinski definition) is 5. The standard InChI is InChI=1S/C18H22BrN3O2S2/c1-13-9-17(26-12-13)10-15(11-19)21-22(7-8-23)18(25)20-14-3-5-16(24-2)6-4-14/h3-6,9,12,23H,7-8,10-11H2,1-2H3,(H,20,25)/b21-15+. The fraction of sp³-hybridized carbons (Fsp3) is 0.333. The largest absolute Gasteiger partial charge is 0.497 e. The smallest absolute Gasteiger partial charge is 0.194 e. The van der Waals surface area contributed by atoms with Crippen LogP contribution < -0.4 is 10.1 Å². The van der Waals surface area contributed by atoms with E-state index in [1.807, 2.05) is 24.3 Å². The lowest BCUT2D eigenvalue weighted by molar-refractivity contribution is 0.254. The molecule has 1 aromatic carbocycles. The minimum Gasteiger partial charge on any atom is -0.497 e. The summed E-state index contributed by atoms with van der Waals surface area (Å²) < 4.78 is 5.16. The van der Waals surface area contributed by atoms with Crippen molar-refractivity contribution >= 4 is 56.0 Å². The maximum atomic E-state index is 9.37. The number of ether oxygens (including phenoxy) is 1. The predicted molar refractivity (Wildman–Crippen MR) is 117 cm³/mol. The lowest BCUT2D eigenvalue weighted by Crippen LogP contribution is -2.34. The Hall–Kier alpha value is -1.48. The van der Waals surface area contributed by atoms with Gasteiger partial charge in [-0.05, 0) is 60.4 Å². The van der Waals surface area contributed by atoms with E-state index in [0.29, 0.717) is 17.0 Å². The number of hydrogen-bond donors (Lipinski definition) is 2. The van der Waals surface area contributed by atoms with Gasteiger partial charge in [-0.2, -0.15) is 5.10 Å². The molecule has 0 aliphatic heterocycles. The molecule has 0 saturated heterocycles. The molecule has 0 unspecified atom stereocenters. The molecule has 0 fully saturated rings. The van der Waals surface area contributed by atoms with E-state index in [9.17, 15) is 5.11 Å². The Morgan fingerprint density at radius 1 is 1.38 bits per heavy atom. The van der Waals surface area contributed by atoms with E-state index >= 15 is 0 Å². The highest BCUT2D eigenvalue weighted by Gasteiger charge is 2.11. The molecule has 1 heterocycles. The van der Waals surface area contributed by atoms with Gasteiger partial charge < -0.3 is 15.2 Å².